The number of nitrogens with one attached hydrogen (secondary N) is 1. The first kappa shape index (κ1) is 12.4. The van der Waals surface area contributed by atoms with Crippen molar-refractivity contribution in [3.8, 4) is 5.75 Å². The van der Waals surface area contributed by atoms with Gasteiger partial charge in [-0.1, -0.05) is 24.3 Å². The minimum absolute atomic E-state index is 0.0775. The maximum Gasteiger partial charge on any atom is 0.237 e. The zero-order chi connectivity index (χ0) is 14.1. The Labute approximate surface area is 116 Å². The summed E-state index contributed by atoms with van der Waals surface area (Å²) in [4.78, 5) is 16.2. The van der Waals surface area contributed by atoms with Crippen molar-refractivity contribution in [2.45, 2.75) is 12.8 Å². The first-order chi connectivity index (χ1) is 9.65. The summed E-state index contributed by atoms with van der Waals surface area (Å²) in [5, 5.41) is 12.5. The van der Waals surface area contributed by atoms with Gasteiger partial charge in [-0.05, 0) is 30.2 Å². The van der Waals surface area contributed by atoms with Crippen LogP contribution in [0, 0.1) is 6.92 Å². The summed E-state index contributed by atoms with van der Waals surface area (Å²) < 4.78 is 0. The van der Waals surface area contributed by atoms with Crippen molar-refractivity contribution in [3.63, 3.8) is 0 Å². The zero-order valence-corrected chi connectivity index (χ0v) is 11.0. The molecular weight excluding hydrogens is 252 g/mol. The standard InChI is InChI=1S/C16H14N2O2/c1-10-6-7-11(8-15(10)19)17-9-13-12-4-2-3-5-14(12)18-16(13)20/h2-9,13,19H,1H3,(H,18,20). The predicted molar refractivity (Wildman–Crippen MR) is 78.8 cm³/mol. The summed E-state index contributed by atoms with van der Waals surface area (Å²) in [5.74, 6) is -0.253. The Balaban J connectivity index is 1.89. The SMILES string of the molecule is Cc1ccc(N=CC2C(=O)Nc3ccccc32)cc1O. The molecular formula is C16H14N2O2. The van der Waals surface area contributed by atoms with Gasteiger partial charge in [0.05, 0.1) is 5.69 Å². The van der Waals surface area contributed by atoms with E-state index in [0.29, 0.717) is 5.69 Å². The van der Waals surface area contributed by atoms with Crippen molar-refractivity contribution in [2.75, 3.05) is 5.32 Å². The number of para-hydroxylation sites is 1. The van der Waals surface area contributed by atoms with Crippen LogP contribution >= 0.6 is 0 Å². The molecule has 0 saturated carbocycles. The van der Waals surface area contributed by atoms with E-state index in [1.54, 1.807) is 18.3 Å². The second kappa shape index (κ2) is 4.81. The highest BCUT2D eigenvalue weighted by Gasteiger charge is 2.28. The van der Waals surface area contributed by atoms with Gasteiger partial charge < -0.3 is 10.4 Å². The van der Waals surface area contributed by atoms with Gasteiger partial charge in [0.1, 0.15) is 11.7 Å². The second-order valence-corrected chi connectivity index (χ2v) is 4.80. The van der Waals surface area contributed by atoms with E-state index in [4.69, 9.17) is 0 Å². The predicted octanol–water partition coefficient (Wildman–Crippen LogP) is 3.14. The number of aryl methyl sites for hydroxylation is 1. The van der Waals surface area contributed by atoms with Crippen molar-refractivity contribution < 1.29 is 9.90 Å². The van der Waals surface area contributed by atoms with Crippen molar-refractivity contribution in [1.82, 2.24) is 0 Å². The van der Waals surface area contributed by atoms with E-state index in [1.165, 1.54) is 0 Å². The summed E-state index contributed by atoms with van der Waals surface area (Å²) in [6.07, 6.45) is 1.62. The quantitative estimate of drug-likeness (QED) is 0.820. The first-order valence-electron chi connectivity index (χ1n) is 6.39. The van der Waals surface area contributed by atoms with E-state index < -0.39 is 0 Å². The third-order valence-corrected chi connectivity index (χ3v) is 3.40. The van der Waals surface area contributed by atoms with Gasteiger partial charge in [0.2, 0.25) is 5.91 Å². The van der Waals surface area contributed by atoms with Gasteiger partial charge in [0.25, 0.3) is 0 Å². The third-order valence-electron chi connectivity index (χ3n) is 3.40. The average molecular weight is 266 g/mol. The number of fused-ring (bicyclic) bond motifs is 1. The van der Waals surface area contributed by atoms with Gasteiger partial charge in [0.15, 0.2) is 0 Å². The molecule has 1 heterocycles. The number of phenolic OH excluding ortho intramolecular Hbond substituents is 1. The summed E-state index contributed by atoms with van der Waals surface area (Å²) in [7, 11) is 0. The van der Waals surface area contributed by atoms with Crippen molar-refractivity contribution >= 4 is 23.5 Å². The molecule has 100 valence electrons. The molecule has 4 heteroatoms. The topological polar surface area (TPSA) is 61.7 Å². The molecule has 0 spiro atoms. The number of carbonyl (C=O) groups excluding carboxylic acids is 1. The molecule has 0 aromatic heterocycles. The van der Waals surface area contributed by atoms with Crippen LogP contribution in [0.15, 0.2) is 47.5 Å². The highest BCUT2D eigenvalue weighted by molar-refractivity contribution is 6.12. The molecule has 1 aliphatic heterocycles. The maximum atomic E-state index is 11.9. The lowest BCUT2D eigenvalue weighted by atomic mass is 10.0. The number of amides is 1. The van der Waals surface area contributed by atoms with Crippen LogP contribution in [0.3, 0.4) is 0 Å². The number of hydrogen-bond acceptors (Lipinski definition) is 3. The largest absolute Gasteiger partial charge is 0.508 e. The van der Waals surface area contributed by atoms with Gasteiger partial charge in [-0.2, -0.15) is 0 Å². The Kier molecular flexibility index (Phi) is 2.99. The molecule has 1 atom stereocenters. The molecule has 2 N–H and O–H groups in total. The smallest absolute Gasteiger partial charge is 0.237 e. The Morgan fingerprint density at radius 2 is 2.05 bits per heavy atom. The number of aromatic hydroxyl groups is 1. The summed E-state index contributed by atoms with van der Waals surface area (Å²) in [5.41, 5.74) is 3.19. The monoisotopic (exact) mass is 266 g/mol. The average Bonchev–Trinajstić information content (AvgIpc) is 2.76. The molecule has 3 rings (SSSR count). The van der Waals surface area contributed by atoms with Crippen LogP contribution < -0.4 is 5.32 Å². The van der Waals surface area contributed by atoms with E-state index in [-0.39, 0.29) is 17.6 Å². The van der Waals surface area contributed by atoms with Gasteiger partial charge in [-0.15, -0.1) is 0 Å². The van der Waals surface area contributed by atoms with E-state index in [0.717, 1.165) is 16.8 Å². The molecule has 1 unspecified atom stereocenters. The van der Waals surface area contributed by atoms with Gasteiger partial charge >= 0.3 is 0 Å². The minimum Gasteiger partial charge on any atom is -0.508 e. The van der Waals surface area contributed by atoms with Crippen molar-refractivity contribution in [1.29, 1.82) is 0 Å². The fraction of sp³-hybridized carbons (Fsp3) is 0.125. The molecule has 20 heavy (non-hydrogen) atoms. The van der Waals surface area contributed by atoms with E-state index in [9.17, 15) is 9.90 Å². The Morgan fingerprint density at radius 3 is 2.85 bits per heavy atom. The number of hydrogen-bond donors (Lipinski definition) is 2. The fourth-order valence-electron chi connectivity index (χ4n) is 2.22. The number of carbonyl (C=O) groups is 1. The Hall–Kier alpha value is -2.62. The Bertz CT molecular complexity index is 707. The summed E-state index contributed by atoms with van der Waals surface area (Å²) in [6, 6.07) is 12.8. The van der Waals surface area contributed by atoms with E-state index >= 15 is 0 Å². The van der Waals surface area contributed by atoms with Crippen LogP contribution in [0.4, 0.5) is 11.4 Å². The number of rotatable bonds is 2. The molecule has 0 radical (unpaired) electrons. The molecule has 0 bridgehead atoms. The highest BCUT2D eigenvalue weighted by atomic mass is 16.3. The van der Waals surface area contributed by atoms with Crippen molar-refractivity contribution in [2.24, 2.45) is 4.99 Å². The highest BCUT2D eigenvalue weighted by Crippen LogP contribution is 2.31. The summed E-state index contributed by atoms with van der Waals surface area (Å²) in [6.45, 7) is 1.82. The van der Waals surface area contributed by atoms with Crippen molar-refractivity contribution in [3.05, 3.63) is 53.6 Å². The van der Waals surface area contributed by atoms with Gasteiger partial charge in [-0.3, -0.25) is 9.79 Å². The van der Waals surface area contributed by atoms with E-state index in [1.807, 2.05) is 37.3 Å². The molecule has 1 aliphatic rings. The molecule has 0 aliphatic carbocycles. The van der Waals surface area contributed by atoms with Crippen LogP contribution in [0.2, 0.25) is 0 Å². The molecule has 2 aromatic rings. The zero-order valence-electron chi connectivity index (χ0n) is 11.0. The number of benzene rings is 2. The molecule has 0 saturated heterocycles. The summed E-state index contributed by atoms with van der Waals surface area (Å²) >= 11 is 0. The lowest BCUT2D eigenvalue weighted by Crippen LogP contribution is -2.12. The van der Waals surface area contributed by atoms with Crippen LogP contribution in [-0.4, -0.2) is 17.2 Å². The number of aliphatic imine (C=N–C) groups is 1. The molecule has 2 aromatic carbocycles. The van der Waals surface area contributed by atoms with Gasteiger partial charge in [0, 0.05) is 18.0 Å². The lowest BCUT2D eigenvalue weighted by molar-refractivity contribution is -0.115. The Morgan fingerprint density at radius 1 is 1.25 bits per heavy atom. The number of nitrogens with zero attached hydrogens (tertiary/aromatic N) is 1. The van der Waals surface area contributed by atoms with Crippen LogP contribution in [0.5, 0.6) is 5.75 Å². The molecule has 1 amide bonds. The maximum absolute atomic E-state index is 11.9. The third kappa shape index (κ3) is 2.16. The van der Waals surface area contributed by atoms with Crippen LogP contribution in [0.1, 0.15) is 17.0 Å². The first-order valence-corrected chi connectivity index (χ1v) is 6.39. The second-order valence-electron chi connectivity index (χ2n) is 4.80. The number of phenols is 1. The lowest BCUT2D eigenvalue weighted by Gasteiger charge is -2.02. The number of anilines is 1. The van der Waals surface area contributed by atoms with Crippen LogP contribution in [0.25, 0.3) is 0 Å². The van der Waals surface area contributed by atoms with E-state index in [2.05, 4.69) is 10.3 Å². The minimum atomic E-state index is -0.380. The van der Waals surface area contributed by atoms with Crippen LogP contribution in [-0.2, 0) is 4.79 Å². The normalized spacial score (nSPS) is 17.2. The molecule has 4 nitrogen and oxygen atoms in total. The molecule has 0 fully saturated rings. The van der Waals surface area contributed by atoms with Gasteiger partial charge in [-0.25, -0.2) is 0 Å². The fourth-order valence-corrected chi connectivity index (χ4v) is 2.22.